The number of hydrogen-bond donors (Lipinski definition) is 1. The van der Waals surface area contributed by atoms with Gasteiger partial charge in [0.25, 0.3) is 0 Å². The van der Waals surface area contributed by atoms with Crippen LogP contribution >= 0.6 is 0 Å². The molecule has 128 valence electrons. The van der Waals surface area contributed by atoms with Gasteiger partial charge in [0.05, 0.1) is 13.2 Å². The molecule has 0 bridgehead atoms. The van der Waals surface area contributed by atoms with Gasteiger partial charge in [0.15, 0.2) is 0 Å². The van der Waals surface area contributed by atoms with Gasteiger partial charge >= 0.3 is 0 Å². The zero-order valence-corrected chi connectivity index (χ0v) is 14.4. The molecule has 2 aromatic rings. The molecule has 0 aromatic heterocycles. The average molecular weight is 327 g/mol. The Morgan fingerprint density at radius 3 is 1.88 bits per heavy atom. The van der Waals surface area contributed by atoms with Crippen molar-refractivity contribution < 1.29 is 14.3 Å². The minimum atomic E-state index is 0.0232. The molecule has 0 saturated carbocycles. The second kappa shape index (κ2) is 9.60. The third-order valence-corrected chi connectivity index (χ3v) is 3.55. The van der Waals surface area contributed by atoms with Crippen LogP contribution < -0.4 is 14.8 Å². The van der Waals surface area contributed by atoms with E-state index < -0.39 is 0 Å². The fraction of sp³-hybridized carbons (Fsp3) is 0.350. The lowest BCUT2D eigenvalue weighted by Gasteiger charge is -2.09. The van der Waals surface area contributed by atoms with Gasteiger partial charge in [-0.2, -0.15) is 0 Å². The predicted molar refractivity (Wildman–Crippen MR) is 95.6 cm³/mol. The summed E-state index contributed by atoms with van der Waals surface area (Å²) in [5.74, 6) is 1.68. The molecule has 4 nitrogen and oxygen atoms in total. The molecular formula is C20H25NO3. The molecule has 0 fully saturated rings. The summed E-state index contributed by atoms with van der Waals surface area (Å²) < 4.78 is 11.2. The Labute approximate surface area is 143 Å². The first kappa shape index (κ1) is 17.9. The van der Waals surface area contributed by atoms with E-state index in [1.54, 1.807) is 0 Å². The predicted octanol–water partition coefficient (Wildman–Crippen LogP) is 3.66. The number of carbonyl (C=O) groups is 1. The van der Waals surface area contributed by atoms with Crippen molar-refractivity contribution in [3.05, 3.63) is 59.7 Å². The normalized spacial score (nSPS) is 10.2. The number of rotatable bonds is 9. The summed E-state index contributed by atoms with van der Waals surface area (Å²) >= 11 is 0. The molecule has 0 spiro atoms. The van der Waals surface area contributed by atoms with Crippen LogP contribution in [0.5, 0.6) is 11.5 Å². The Bertz CT molecular complexity index is 565. The van der Waals surface area contributed by atoms with E-state index >= 15 is 0 Å². The van der Waals surface area contributed by atoms with Crippen molar-refractivity contribution >= 4 is 5.91 Å². The van der Waals surface area contributed by atoms with Crippen LogP contribution in [0.3, 0.4) is 0 Å². The van der Waals surface area contributed by atoms with Crippen LogP contribution in [0.4, 0.5) is 0 Å². The van der Waals surface area contributed by atoms with Crippen LogP contribution in [0.2, 0.25) is 0 Å². The monoisotopic (exact) mass is 327 g/mol. The van der Waals surface area contributed by atoms with Crippen molar-refractivity contribution in [3.8, 4) is 11.5 Å². The van der Waals surface area contributed by atoms with Crippen molar-refractivity contribution in [2.75, 3.05) is 19.8 Å². The summed E-state index contributed by atoms with van der Waals surface area (Å²) in [6, 6.07) is 15.8. The van der Waals surface area contributed by atoms with Crippen molar-refractivity contribution in [2.45, 2.75) is 26.7 Å². The quantitative estimate of drug-likeness (QED) is 0.715. The number of ether oxygens (including phenoxy) is 2. The van der Waals surface area contributed by atoms with Crippen LogP contribution in [0.1, 0.15) is 24.0 Å². The Morgan fingerprint density at radius 1 is 0.833 bits per heavy atom. The second-order valence-corrected chi connectivity index (χ2v) is 5.78. The van der Waals surface area contributed by atoms with Gasteiger partial charge in [0.1, 0.15) is 18.1 Å². The van der Waals surface area contributed by atoms with Crippen molar-refractivity contribution in [3.63, 3.8) is 0 Å². The zero-order chi connectivity index (χ0) is 17.2. The van der Waals surface area contributed by atoms with Crippen molar-refractivity contribution in [2.24, 2.45) is 0 Å². The van der Waals surface area contributed by atoms with Gasteiger partial charge in [-0.3, -0.25) is 4.79 Å². The van der Waals surface area contributed by atoms with E-state index in [2.05, 4.69) is 5.32 Å². The molecule has 4 heteroatoms. The highest BCUT2D eigenvalue weighted by molar-refractivity contribution is 5.75. The summed E-state index contributed by atoms with van der Waals surface area (Å²) in [5, 5.41) is 2.85. The molecule has 0 atom stereocenters. The summed E-state index contributed by atoms with van der Waals surface area (Å²) in [7, 11) is 0. The highest BCUT2D eigenvalue weighted by atomic mass is 16.5. The third kappa shape index (κ3) is 6.73. The van der Waals surface area contributed by atoms with E-state index in [1.807, 2.05) is 62.4 Å². The van der Waals surface area contributed by atoms with Gasteiger partial charge in [0.2, 0.25) is 5.91 Å². The first-order chi connectivity index (χ1) is 11.6. The number of benzene rings is 2. The molecule has 0 radical (unpaired) electrons. The lowest BCUT2D eigenvalue weighted by Crippen LogP contribution is -2.28. The molecule has 24 heavy (non-hydrogen) atoms. The Hall–Kier alpha value is -2.49. The number of carbonyl (C=O) groups excluding carboxylic acids is 1. The minimum Gasteiger partial charge on any atom is -0.494 e. The summed E-state index contributed by atoms with van der Waals surface area (Å²) in [6.45, 7) is 5.58. The highest BCUT2D eigenvalue weighted by Gasteiger charge is 2.01. The van der Waals surface area contributed by atoms with Gasteiger partial charge in [0, 0.05) is 6.42 Å². The van der Waals surface area contributed by atoms with E-state index in [1.165, 1.54) is 11.1 Å². The van der Waals surface area contributed by atoms with Crippen molar-refractivity contribution in [1.29, 1.82) is 0 Å². The lowest BCUT2D eigenvalue weighted by molar-refractivity contribution is -0.121. The topological polar surface area (TPSA) is 47.6 Å². The van der Waals surface area contributed by atoms with Crippen LogP contribution in [-0.4, -0.2) is 25.7 Å². The highest BCUT2D eigenvalue weighted by Crippen LogP contribution is 2.12. The van der Waals surface area contributed by atoms with Crippen LogP contribution in [-0.2, 0) is 4.79 Å². The maximum absolute atomic E-state index is 11.7. The Balaban J connectivity index is 1.52. The molecular weight excluding hydrogens is 302 g/mol. The molecule has 0 aliphatic carbocycles. The van der Waals surface area contributed by atoms with Gasteiger partial charge in [-0.05, 0) is 44.5 Å². The van der Waals surface area contributed by atoms with E-state index in [0.29, 0.717) is 32.6 Å². The van der Waals surface area contributed by atoms with Crippen LogP contribution in [0, 0.1) is 13.8 Å². The summed E-state index contributed by atoms with van der Waals surface area (Å²) in [6.07, 6.45) is 1.15. The van der Waals surface area contributed by atoms with Gasteiger partial charge < -0.3 is 14.8 Å². The molecule has 2 aromatic carbocycles. The van der Waals surface area contributed by atoms with Gasteiger partial charge in [-0.1, -0.05) is 35.4 Å². The SMILES string of the molecule is Cc1ccc(OCCCC(=O)NCCOc2ccc(C)cc2)cc1. The standard InChI is InChI=1S/C20H25NO3/c1-16-5-9-18(10-6-16)23-14-3-4-20(22)21-13-15-24-19-11-7-17(2)8-12-19/h5-12H,3-4,13-15H2,1-2H3,(H,21,22). The van der Waals surface area contributed by atoms with E-state index in [4.69, 9.17) is 9.47 Å². The molecule has 0 unspecified atom stereocenters. The largest absolute Gasteiger partial charge is 0.494 e. The smallest absolute Gasteiger partial charge is 0.220 e. The summed E-state index contributed by atoms with van der Waals surface area (Å²) in [4.78, 5) is 11.7. The van der Waals surface area contributed by atoms with E-state index in [9.17, 15) is 4.79 Å². The average Bonchev–Trinajstić information content (AvgIpc) is 2.59. The molecule has 1 amide bonds. The second-order valence-electron chi connectivity index (χ2n) is 5.78. The van der Waals surface area contributed by atoms with E-state index in [-0.39, 0.29) is 5.91 Å². The number of nitrogens with one attached hydrogen (secondary N) is 1. The van der Waals surface area contributed by atoms with Gasteiger partial charge in [-0.15, -0.1) is 0 Å². The number of hydrogen-bond acceptors (Lipinski definition) is 3. The van der Waals surface area contributed by atoms with Crippen LogP contribution in [0.25, 0.3) is 0 Å². The number of amides is 1. The van der Waals surface area contributed by atoms with E-state index in [0.717, 1.165) is 11.5 Å². The first-order valence-electron chi connectivity index (χ1n) is 8.29. The number of aryl methyl sites for hydroxylation is 2. The third-order valence-electron chi connectivity index (χ3n) is 3.55. The molecule has 2 rings (SSSR count). The molecule has 1 N–H and O–H groups in total. The van der Waals surface area contributed by atoms with Gasteiger partial charge in [-0.25, -0.2) is 0 Å². The molecule has 0 saturated heterocycles. The fourth-order valence-corrected chi connectivity index (χ4v) is 2.14. The fourth-order valence-electron chi connectivity index (χ4n) is 2.14. The maximum atomic E-state index is 11.7. The van der Waals surface area contributed by atoms with Crippen molar-refractivity contribution in [1.82, 2.24) is 5.32 Å². The van der Waals surface area contributed by atoms with Crippen LogP contribution in [0.15, 0.2) is 48.5 Å². The zero-order valence-electron chi connectivity index (χ0n) is 14.4. The molecule has 0 heterocycles. The summed E-state index contributed by atoms with van der Waals surface area (Å²) in [5.41, 5.74) is 2.40. The first-order valence-corrected chi connectivity index (χ1v) is 8.29. The molecule has 0 aliphatic heterocycles. The Morgan fingerprint density at radius 2 is 1.33 bits per heavy atom. The molecule has 0 aliphatic rings. The maximum Gasteiger partial charge on any atom is 0.220 e. The lowest BCUT2D eigenvalue weighted by atomic mass is 10.2. The minimum absolute atomic E-state index is 0.0232. The Kier molecular flexibility index (Phi) is 7.15.